The van der Waals surface area contributed by atoms with Gasteiger partial charge in [-0.05, 0) is 16.7 Å². The van der Waals surface area contributed by atoms with Crippen molar-refractivity contribution in [1.29, 1.82) is 0 Å². The quantitative estimate of drug-likeness (QED) is 0.732. The minimum Gasteiger partial charge on any atom is -0.336 e. The first-order valence-electron chi connectivity index (χ1n) is 8.63. The Morgan fingerprint density at radius 3 is 2.62 bits per heavy atom. The lowest BCUT2D eigenvalue weighted by Gasteiger charge is -2.35. The van der Waals surface area contributed by atoms with E-state index in [1.54, 1.807) is 0 Å². The highest BCUT2D eigenvalue weighted by Gasteiger charge is 2.29. The van der Waals surface area contributed by atoms with E-state index in [4.69, 9.17) is 0 Å². The topological polar surface area (TPSA) is 55.2 Å². The molecule has 4 rings (SSSR count). The molecule has 5 heteroatoms. The lowest BCUT2D eigenvalue weighted by atomic mass is 9.84. The van der Waals surface area contributed by atoms with Crippen molar-refractivity contribution in [2.45, 2.75) is 19.0 Å². The number of amides is 1. The van der Waals surface area contributed by atoms with Crippen molar-refractivity contribution in [2.24, 2.45) is 0 Å². The van der Waals surface area contributed by atoms with E-state index in [1.165, 1.54) is 34.3 Å². The molecule has 1 aliphatic heterocycles. The zero-order chi connectivity index (χ0) is 17.9. The van der Waals surface area contributed by atoms with E-state index in [0.29, 0.717) is 13.1 Å². The van der Waals surface area contributed by atoms with E-state index in [2.05, 4.69) is 29.2 Å². The Morgan fingerprint density at radius 2 is 1.81 bits per heavy atom. The van der Waals surface area contributed by atoms with E-state index >= 15 is 0 Å². The van der Waals surface area contributed by atoms with Gasteiger partial charge in [0, 0.05) is 31.3 Å². The molecule has 2 aromatic carbocycles. The standard InChI is InChI=1S/C21H19N3O2/c25-20-10-11-22-15-24(20)14-21(26)23-12-17-8-4-5-9-18(17)19(13-23)16-6-2-1-3-7-16/h1-11,15,19H,12-14H2/t19-/m0/s1. The fourth-order valence-electron chi connectivity index (χ4n) is 3.51. The van der Waals surface area contributed by atoms with Crippen LogP contribution in [0.3, 0.4) is 0 Å². The highest BCUT2D eigenvalue weighted by atomic mass is 16.2. The Bertz CT molecular complexity index is 982. The molecule has 1 amide bonds. The van der Waals surface area contributed by atoms with Crippen molar-refractivity contribution in [1.82, 2.24) is 14.5 Å². The van der Waals surface area contributed by atoms with Crippen LogP contribution in [0.2, 0.25) is 0 Å². The van der Waals surface area contributed by atoms with E-state index in [0.717, 1.165) is 5.56 Å². The molecule has 5 nitrogen and oxygen atoms in total. The molecule has 0 fully saturated rings. The first-order chi connectivity index (χ1) is 12.7. The molecule has 0 saturated heterocycles. The predicted molar refractivity (Wildman–Crippen MR) is 98.6 cm³/mol. The molecule has 0 aliphatic carbocycles. The Balaban J connectivity index is 1.64. The molecular weight excluding hydrogens is 326 g/mol. The van der Waals surface area contributed by atoms with Gasteiger partial charge in [-0.15, -0.1) is 0 Å². The molecule has 1 atom stereocenters. The minimum absolute atomic E-state index is 0.0103. The first kappa shape index (κ1) is 16.3. The summed E-state index contributed by atoms with van der Waals surface area (Å²) in [6.07, 6.45) is 2.85. The lowest BCUT2D eigenvalue weighted by molar-refractivity contribution is -0.133. The fraction of sp³-hybridized carbons (Fsp3) is 0.190. The summed E-state index contributed by atoms with van der Waals surface area (Å²) in [5.74, 6) is 0.0613. The highest BCUT2D eigenvalue weighted by Crippen LogP contribution is 2.33. The largest absolute Gasteiger partial charge is 0.336 e. The van der Waals surface area contributed by atoms with Gasteiger partial charge in [-0.25, -0.2) is 4.98 Å². The first-order valence-corrected chi connectivity index (χ1v) is 8.63. The summed E-state index contributed by atoms with van der Waals surface area (Å²) in [6.45, 7) is 1.18. The van der Waals surface area contributed by atoms with Gasteiger partial charge < -0.3 is 4.90 Å². The average Bonchev–Trinajstić information content (AvgIpc) is 2.69. The summed E-state index contributed by atoms with van der Waals surface area (Å²) in [4.78, 5) is 30.5. The number of carbonyl (C=O) groups excluding carboxylic acids is 1. The van der Waals surface area contributed by atoms with Crippen LogP contribution in [0.25, 0.3) is 0 Å². The Kier molecular flexibility index (Phi) is 4.35. The maximum atomic E-state index is 12.8. The summed E-state index contributed by atoms with van der Waals surface area (Å²) in [5.41, 5.74) is 3.39. The molecule has 2 heterocycles. The van der Waals surface area contributed by atoms with E-state index in [1.807, 2.05) is 35.2 Å². The average molecular weight is 345 g/mol. The zero-order valence-corrected chi connectivity index (χ0v) is 14.3. The molecular formula is C21H19N3O2. The van der Waals surface area contributed by atoms with Crippen molar-refractivity contribution >= 4 is 5.91 Å². The Hall–Kier alpha value is -3.21. The van der Waals surface area contributed by atoms with Gasteiger partial charge in [0.25, 0.3) is 5.56 Å². The maximum absolute atomic E-state index is 12.8. The lowest BCUT2D eigenvalue weighted by Crippen LogP contribution is -2.41. The van der Waals surface area contributed by atoms with Gasteiger partial charge in [0.05, 0.1) is 6.33 Å². The van der Waals surface area contributed by atoms with Crippen LogP contribution in [-0.4, -0.2) is 26.9 Å². The SMILES string of the molecule is O=C(Cn1cnccc1=O)N1Cc2ccccc2[C@H](c2ccccc2)C1. The molecule has 1 aliphatic rings. The van der Waals surface area contributed by atoms with Gasteiger partial charge in [0.1, 0.15) is 6.54 Å². The van der Waals surface area contributed by atoms with Gasteiger partial charge >= 0.3 is 0 Å². The molecule has 0 unspecified atom stereocenters. The number of aromatic nitrogens is 2. The number of nitrogens with zero attached hydrogens (tertiary/aromatic N) is 3. The van der Waals surface area contributed by atoms with E-state index in [-0.39, 0.29) is 23.9 Å². The van der Waals surface area contributed by atoms with Crippen LogP contribution in [0.5, 0.6) is 0 Å². The smallest absolute Gasteiger partial charge is 0.253 e. The summed E-state index contributed by atoms with van der Waals surface area (Å²) in [7, 11) is 0. The van der Waals surface area contributed by atoms with Crippen LogP contribution >= 0.6 is 0 Å². The van der Waals surface area contributed by atoms with Crippen LogP contribution in [0, 0.1) is 0 Å². The molecule has 0 radical (unpaired) electrons. The Labute approximate surface area is 151 Å². The number of hydrogen-bond donors (Lipinski definition) is 0. The zero-order valence-electron chi connectivity index (χ0n) is 14.3. The highest BCUT2D eigenvalue weighted by molar-refractivity contribution is 5.76. The third-order valence-corrected chi connectivity index (χ3v) is 4.85. The molecule has 1 aromatic heterocycles. The number of benzene rings is 2. The fourth-order valence-corrected chi connectivity index (χ4v) is 3.51. The van der Waals surface area contributed by atoms with E-state index in [9.17, 15) is 9.59 Å². The van der Waals surface area contributed by atoms with Gasteiger partial charge in [-0.2, -0.15) is 0 Å². The molecule has 3 aromatic rings. The third kappa shape index (κ3) is 3.16. The summed E-state index contributed by atoms with van der Waals surface area (Å²) in [6, 6.07) is 19.9. The summed E-state index contributed by atoms with van der Waals surface area (Å²) < 4.78 is 1.35. The monoisotopic (exact) mass is 345 g/mol. The van der Waals surface area contributed by atoms with Crippen molar-refractivity contribution in [3.05, 3.63) is 100 Å². The molecule has 130 valence electrons. The minimum atomic E-state index is -0.217. The van der Waals surface area contributed by atoms with Gasteiger partial charge in [0.2, 0.25) is 5.91 Å². The number of carbonyl (C=O) groups is 1. The molecule has 0 bridgehead atoms. The number of hydrogen-bond acceptors (Lipinski definition) is 3. The van der Waals surface area contributed by atoms with Crippen LogP contribution < -0.4 is 5.56 Å². The second-order valence-corrected chi connectivity index (χ2v) is 6.48. The van der Waals surface area contributed by atoms with Crippen LogP contribution in [0.4, 0.5) is 0 Å². The predicted octanol–water partition coefficient (Wildman–Crippen LogP) is 2.42. The van der Waals surface area contributed by atoms with Gasteiger partial charge in [0.15, 0.2) is 0 Å². The van der Waals surface area contributed by atoms with Crippen LogP contribution in [-0.2, 0) is 17.9 Å². The van der Waals surface area contributed by atoms with Crippen molar-refractivity contribution in [3.8, 4) is 0 Å². The number of rotatable bonds is 3. The maximum Gasteiger partial charge on any atom is 0.253 e. The van der Waals surface area contributed by atoms with E-state index < -0.39 is 0 Å². The molecule has 26 heavy (non-hydrogen) atoms. The summed E-state index contributed by atoms with van der Waals surface area (Å²) in [5, 5.41) is 0. The van der Waals surface area contributed by atoms with Crippen molar-refractivity contribution < 1.29 is 4.79 Å². The third-order valence-electron chi connectivity index (χ3n) is 4.85. The second-order valence-electron chi connectivity index (χ2n) is 6.48. The molecule has 0 saturated carbocycles. The Morgan fingerprint density at radius 1 is 1.04 bits per heavy atom. The number of fused-ring (bicyclic) bond motifs is 1. The van der Waals surface area contributed by atoms with Gasteiger partial charge in [-0.1, -0.05) is 54.6 Å². The molecule has 0 N–H and O–H groups in total. The van der Waals surface area contributed by atoms with Crippen molar-refractivity contribution in [3.63, 3.8) is 0 Å². The normalized spacial score (nSPS) is 16.2. The van der Waals surface area contributed by atoms with Crippen molar-refractivity contribution in [2.75, 3.05) is 6.54 Å². The molecule has 0 spiro atoms. The van der Waals surface area contributed by atoms with Crippen LogP contribution in [0.15, 0.2) is 78.0 Å². The van der Waals surface area contributed by atoms with Crippen LogP contribution in [0.1, 0.15) is 22.6 Å². The summed E-state index contributed by atoms with van der Waals surface area (Å²) >= 11 is 0. The van der Waals surface area contributed by atoms with Gasteiger partial charge in [-0.3, -0.25) is 14.2 Å². The second kappa shape index (κ2) is 6.96.